The molecule has 0 spiro atoms. The second-order valence-corrected chi connectivity index (χ2v) is 7.72. The molecular weight excluding hydrogens is 318 g/mol. The Hall–Kier alpha value is -1.34. The first-order valence-corrected chi connectivity index (χ1v) is 9.49. The molecule has 0 aromatic carbocycles. The molecule has 2 saturated heterocycles. The highest BCUT2D eigenvalue weighted by atomic mass is 16.5. The second-order valence-electron chi connectivity index (χ2n) is 7.72. The van der Waals surface area contributed by atoms with Crippen LogP contribution in [0, 0.1) is 11.8 Å². The Labute approximate surface area is 152 Å². The van der Waals surface area contributed by atoms with Gasteiger partial charge in [0.15, 0.2) is 5.96 Å². The fourth-order valence-corrected chi connectivity index (χ4v) is 3.17. The van der Waals surface area contributed by atoms with Crippen LogP contribution in [0.4, 0.5) is 0 Å². The summed E-state index contributed by atoms with van der Waals surface area (Å²) in [4.78, 5) is 22.9. The molecule has 7 nitrogen and oxygen atoms in total. The summed E-state index contributed by atoms with van der Waals surface area (Å²) in [5, 5.41) is 3.45. The van der Waals surface area contributed by atoms with Crippen molar-refractivity contribution < 1.29 is 9.53 Å². The number of rotatable bonds is 6. The Kier molecular flexibility index (Phi) is 7.96. The lowest BCUT2D eigenvalue weighted by molar-refractivity contribution is -0.127. The standard InChI is InChI=1S/C18H35N5O2/c1-15(2)11-19-18(20-12-17(24)21(3)4)23-6-5-16(14-23)13-22-7-9-25-10-8-22/h15-16H,5-14H2,1-4H3,(H,19,20). The highest BCUT2D eigenvalue weighted by Gasteiger charge is 2.27. The molecule has 0 radical (unpaired) electrons. The predicted molar refractivity (Wildman–Crippen MR) is 101 cm³/mol. The van der Waals surface area contributed by atoms with Crippen molar-refractivity contribution in [2.75, 3.05) is 73.1 Å². The molecule has 0 saturated carbocycles. The maximum Gasteiger partial charge on any atom is 0.243 e. The Morgan fingerprint density at radius 3 is 2.64 bits per heavy atom. The lowest BCUT2D eigenvalue weighted by atomic mass is 10.1. The van der Waals surface area contributed by atoms with Crippen molar-refractivity contribution in [2.45, 2.75) is 20.3 Å². The summed E-state index contributed by atoms with van der Waals surface area (Å²) in [5.41, 5.74) is 0. The molecule has 7 heteroatoms. The maximum absolute atomic E-state index is 11.9. The minimum atomic E-state index is 0.0351. The fourth-order valence-electron chi connectivity index (χ4n) is 3.17. The normalized spacial score (nSPS) is 22.5. The third-order valence-corrected chi connectivity index (χ3v) is 4.74. The molecule has 0 aliphatic carbocycles. The van der Waals surface area contributed by atoms with Crippen LogP contribution in [-0.2, 0) is 9.53 Å². The van der Waals surface area contributed by atoms with Crippen LogP contribution in [0.15, 0.2) is 4.99 Å². The van der Waals surface area contributed by atoms with Crippen LogP contribution in [0.25, 0.3) is 0 Å². The summed E-state index contributed by atoms with van der Waals surface area (Å²) >= 11 is 0. The van der Waals surface area contributed by atoms with Crippen LogP contribution in [0.2, 0.25) is 0 Å². The lowest BCUT2D eigenvalue weighted by Gasteiger charge is -2.29. The summed E-state index contributed by atoms with van der Waals surface area (Å²) in [5.74, 6) is 2.12. The summed E-state index contributed by atoms with van der Waals surface area (Å²) in [6, 6.07) is 0. The van der Waals surface area contributed by atoms with Crippen molar-refractivity contribution in [1.82, 2.24) is 20.0 Å². The van der Waals surface area contributed by atoms with Crippen LogP contribution in [-0.4, -0.2) is 99.7 Å². The Balaban J connectivity index is 1.89. The molecule has 1 N–H and O–H groups in total. The topological polar surface area (TPSA) is 60.4 Å². The van der Waals surface area contributed by atoms with Gasteiger partial charge >= 0.3 is 0 Å². The van der Waals surface area contributed by atoms with Gasteiger partial charge in [0.1, 0.15) is 6.54 Å². The van der Waals surface area contributed by atoms with Crippen molar-refractivity contribution in [3.63, 3.8) is 0 Å². The molecule has 1 atom stereocenters. The number of morpholine rings is 1. The number of ether oxygens (including phenoxy) is 1. The first kappa shape index (κ1) is 20.0. The van der Waals surface area contributed by atoms with E-state index in [2.05, 4.69) is 34.0 Å². The van der Waals surface area contributed by atoms with E-state index in [4.69, 9.17) is 4.74 Å². The van der Waals surface area contributed by atoms with Gasteiger partial charge in [-0.05, 0) is 18.3 Å². The zero-order chi connectivity index (χ0) is 18.2. The van der Waals surface area contributed by atoms with Crippen molar-refractivity contribution in [1.29, 1.82) is 0 Å². The summed E-state index contributed by atoms with van der Waals surface area (Å²) in [6.07, 6.45) is 1.18. The number of carbonyl (C=O) groups excluding carboxylic acids is 1. The molecule has 2 aliphatic rings. The number of nitrogens with zero attached hydrogens (tertiary/aromatic N) is 4. The number of hydrogen-bond acceptors (Lipinski definition) is 4. The number of amides is 1. The molecule has 2 heterocycles. The van der Waals surface area contributed by atoms with Crippen molar-refractivity contribution in [2.24, 2.45) is 16.8 Å². The van der Waals surface area contributed by atoms with Gasteiger partial charge in [0.2, 0.25) is 5.91 Å². The zero-order valence-corrected chi connectivity index (χ0v) is 16.3. The summed E-state index contributed by atoms with van der Waals surface area (Å²) in [6.45, 7) is 12.4. The quantitative estimate of drug-likeness (QED) is 0.551. The number of carbonyl (C=O) groups is 1. The predicted octanol–water partition coefficient (Wildman–Crippen LogP) is 0.330. The summed E-state index contributed by atoms with van der Waals surface area (Å²) in [7, 11) is 3.54. The Bertz CT molecular complexity index is 447. The van der Waals surface area contributed by atoms with Gasteiger partial charge < -0.3 is 19.9 Å². The van der Waals surface area contributed by atoms with Crippen molar-refractivity contribution in [3.8, 4) is 0 Å². The van der Waals surface area contributed by atoms with E-state index in [9.17, 15) is 4.79 Å². The van der Waals surface area contributed by atoms with Gasteiger partial charge in [0.05, 0.1) is 13.2 Å². The Morgan fingerprint density at radius 1 is 1.28 bits per heavy atom. The number of nitrogens with one attached hydrogen (secondary N) is 1. The monoisotopic (exact) mass is 353 g/mol. The molecule has 0 aromatic heterocycles. The first-order valence-electron chi connectivity index (χ1n) is 9.49. The summed E-state index contributed by atoms with van der Waals surface area (Å²) < 4.78 is 5.43. The third kappa shape index (κ3) is 6.82. The van der Waals surface area contributed by atoms with E-state index in [1.165, 1.54) is 6.42 Å². The van der Waals surface area contributed by atoms with Crippen LogP contribution in [0.1, 0.15) is 20.3 Å². The minimum absolute atomic E-state index is 0.0351. The van der Waals surface area contributed by atoms with E-state index < -0.39 is 0 Å². The molecule has 1 unspecified atom stereocenters. The minimum Gasteiger partial charge on any atom is -0.379 e. The van der Waals surface area contributed by atoms with Crippen LogP contribution >= 0.6 is 0 Å². The van der Waals surface area contributed by atoms with Gasteiger partial charge in [-0.1, -0.05) is 13.8 Å². The molecule has 144 valence electrons. The highest BCUT2D eigenvalue weighted by molar-refractivity contribution is 5.85. The average Bonchev–Trinajstić information content (AvgIpc) is 3.03. The van der Waals surface area contributed by atoms with E-state index >= 15 is 0 Å². The third-order valence-electron chi connectivity index (χ3n) is 4.74. The molecule has 0 aromatic rings. The molecule has 0 bridgehead atoms. The van der Waals surface area contributed by atoms with Gasteiger partial charge in [-0.2, -0.15) is 0 Å². The van der Waals surface area contributed by atoms with Crippen molar-refractivity contribution >= 4 is 11.9 Å². The van der Waals surface area contributed by atoms with Crippen LogP contribution in [0.3, 0.4) is 0 Å². The van der Waals surface area contributed by atoms with Crippen LogP contribution < -0.4 is 5.32 Å². The number of aliphatic imine (C=N–C) groups is 1. The van der Waals surface area contributed by atoms with E-state index in [1.54, 1.807) is 19.0 Å². The second kappa shape index (κ2) is 9.97. The molecule has 2 rings (SSSR count). The van der Waals surface area contributed by atoms with E-state index in [-0.39, 0.29) is 12.5 Å². The highest BCUT2D eigenvalue weighted by Crippen LogP contribution is 2.18. The number of guanidine groups is 1. The van der Waals surface area contributed by atoms with Gasteiger partial charge in [0, 0.05) is 53.4 Å². The van der Waals surface area contributed by atoms with Gasteiger partial charge in [-0.3, -0.25) is 9.69 Å². The van der Waals surface area contributed by atoms with Crippen molar-refractivity contribution in [3.05, 3.63) is 0 Å². The molecule has 2 fully saturated rings. The number of hydrogen-bond donors (Lipinski definition) is 1. The zero-order valence-electron chi connectivity index (χ0n) is 16.3. The van der Waals surface area contributed by atoms with Gasteiger partial charge in [-0.25, -0.2) is 4.99 Å². The number of likely N-dealkylation sites (tertiary alicyclic amines) is 1. The average molecular weight is 354 g/mol. The smallest absolute Gasteiger partial charge is 0.243 e. The Morgan fingerprint density at radius 2 is 2.00 bits per heavy atom. The molecule has 25 heavy (non-hydrogen) atoms. The number of likely N-dealkylation sites (N-methyl/N-ethyl adjacent to an activating group) is 1. The molecule has 2 aliphatic heterocycles. The van der Waals surface area contributed by atoms with E-state index in [0.717, 1.165) is 58.4 Å². The first-order chi connectivity index (χ1) is 12.0. The van der Waals surface area contributed by atoms with Gasteiger partial charge in [-0.15, -0.1) is 0 Å². The SMILES string of the molecule is CC(C)CNC(=NCC(=O)N(C)C)N1CCC(CN2CCOCC2)C1. The van der Waals surface area contributed by atoms with Crippen LogP contribution in [0.5, 0.6) is 0 Å². The van der Waals surface area contributed by atoms with E-state index in [1.807, 2.05) is 0 Å². The maximum atomic E-state index is 11.9. The van der Waals surface area contributed by atoms with Gasteiger partial charge in [0.25, 0.3) is 0 Å². The largest absolute Gasteiger partial charge is 0.379 e. The van der Waals surface area contributed by atoms with E-state index in [0.29, 0.717) is 11.8 Å². The lowest BCUT2D eigenvalue weighted by Crippen LogP contribution is -2.43. The molecular formula is C18H35N5O2. The fraction of sp³-hybridized carbons (Fsp3) is 0.889. The molecule has 1 amide bonds.